The molecule has 0 spiro atoms. The Labute approximate surface area is 225 Å². The summed E-state index contributed by atoms with van der Waals surface area (Å²) in [5.41, 5.74) is 3.59. The zero-order valence-electron chi connectivity index (χ0n) is 20.3. The summed E-state index contributed by atoms with van der Waals surface area (Å²) in [5, 5.41) is 8.64. The molecule has 1 atom stereocenters. The SMILES string of the molecule is COc1cc(Cl)c(C)cc1NC(=O)C(Sc1ccc(NC(=O)Nc2ccccc2)cc1)c1ccccc1. The van der Waals surface area contributed by atoms with E-state index in [-0.39, 0.29) is 11.9 Å². The summed E-state index contributed by atoms with van der Waals surface area (Å²) in [4.78, 5) is 26.6. The van der Waals surface area contributed by atoms with Crippen molar-refractivity contribution in [1.29, 1.82) is 0 Å². The quantitative estimate of drug-likeness (QED) is 0.203. The molecule has 3 amide bonds. The zero-order chi connectivity index (χ0) is 26.2. The molecular formula is C29H26ClN3O3S. The average Bonchev–Trinajstić information content (AvgIpc) is 2.91. The number of anilines is 3. The molecule has 0 aliphatic heterocycles. The van der Waals surface area contributed by atoms with E-state index in [0.717, 1.165) is 16.0 Å². The van der Waals surface area contributed by atoms with Gasteiger partial charge >= 0.3 is 6.03 Å². The summed E-state index contributed by atoms with van der Waals surface area (Å²) in [5.74, 6) is 0.297. The van der Waals surface area contributed by atoms with E-state index in [1.807, 2.05) is 79.7 Å². The summed E-state index contributed by atoms with van der Waals surface area (Å²) in [7, 11) is 1.54. The molecule has 4 aromatic rings. The van der Waals surface area contributed by atoms with Crippen LogP contribution in [0.4, 0.5) is 21.9 Å². The third-order valence-corrected chi connectivity index (χ3v) is 7.15. The second kappa shape index (κ2) is 12.3. The van der Waals surface area contributed by atoms with Crippen molar-refractivity contribution in [2.24, 2.45) is 0 Å². The van der Waals surface area contributed by atoms with Gasteiger partial charge in [-0.25, -0.2) is 4.79 Å². The topological polar surface area (TPSA) is 79.5 Å². The largest absolute Gasteiger partial charge is 0.495 e. The summed E-state index contributed by atoms with van der Waals surface area (Å²) in [6.45, 7) is 1.87. The van der Waals surface area contributed by atoms with E-state index < -0.39 is 5.25 Å². The van der Waals surface area contributed by atoms with E-state index in [1.54, 1.807) is 24.3 Å². The minimum Gasteiger partial charge on any atom is -0.495 e. The Bertz CT molecular complexity index is 1370. The first-order valence-electron chi connectivity index (χ1n) is 11.5. The van der Waals surface area contributed by atoms with Gasteiger partial charge in [0.25, 0.3) is 0 Å². The van der Waals surface area contributed by atoms with E-state index >= 15 is 0 Å². The molecule has 6 nitrogen and oxygen atoms in total. The first-order chi connectivity index (χ1) is 17.9. The highest BCUT2D eigenvalue weighted by molar-refractivity contribution is 8.00. The number of carbonyl (C=O) groups is 2. The molecular weight excluding hydrogens is 506 g/mol. The second-order valence-corrected chi connectivity index (χ2v) is 9.75. The molecule has 0 saturated heterocycles. The molecule has 0 heterocycles. The van der Waals surface area contributed by atoms with Crippen molar-refractivity contribution in [3.63, 3.8) is 0 Å². The van der Waals surface area contributed by atoms with Crippen molar-refractivity contribution < 1.29 is 14.3 Å². The summed E-state index contributed by atoms with van der Waals surface area (Å²) in [6.07, 6.45) is 0. The molecule has 0 bridgehead atoms. The minimum absolute atomic E-state index is 0.194. The molecule has 0 aliphatic rings. The van der Waals surface area contributed by atoms with E-state index in [2.05, 4.69) is 16.0 Å². The Kier molecular flexibility index (Phi) is 8.72. The molecule has 4 rings (SSSR count). The van der Waals surface area contributed by atoms with Gasteiger partial charge in [-0.05, 0) is 60.5 Å². The molecule has 0 aromatic heterocycles. The Morgan fingerprint density at radius 1 is 0.811 bits per heavy atom. The van der Waals surface area contributed by atoms with Crippen LogP contribution in [0.3, 0.4) is 0 Å². The van der Waals surface area contributed by atoms with Crippen molar-refractivity contribution in [1.82, 2.24) is 0 Å². The van der Waals surface area contributed by atoms with Crippen molar-refractivity contribution in [3.05, 3.63) is 113 Å². The summed E-state index contributed by atoms with van der Waals surface area (Å²) >= 11 is 7.64. The van der Waals surface area contributed by atoms with E-state index in [1.165, 1.54) is 18.9 Å². The predicted octanol–water partition coefficient (Wildman–Crippen LogP) is 7.77. The molecule has 4 aromatic carbocycles. The molecule has 8 heteroatoms. The maximum absolute atomic E-state index is 13.5. The minimum atomic E-state index is -0.526. The maximum atomic E-state index is 13.5. The fraction of sp³-hybridized carbons (Fsp3) is 0.103. The van der Waals surface area contributed by atoms with Crippen LogP contribution in [0.15, 0.2) is 102 Å². The van der Waals surface area contributed by atoms with Crippen molar-refractivity contribution >= 4 is 52.4 Å². The molecule has 188 valence electrons. The number of aryl methyl sites for hydroxylation is 1. The number of amides is 3. The van der Waals surface area contributed by atoms with E-state index in [4.69, 9.17) is 16.3 Å². The Morgan fingerprint density at radius 3 is 2.03 bits per heavy atom. The van der Waals surface area contributed by atoms with Gasteiger partial charge in [0.05, 0.1) is 12.8 Å². The monoisotopic (exact) mass is 531 g/mol. The number of benzene rings is 4. The average molecular weight is 532 g/mol. The highest BCUT2D eigenvalue weighted by Crippen LogP contribution is 2.38. The molecule has 0 radical (unpaired) electrons. The summed E-state index contributed by atoms with van der Waals surface area (Å²) < 4.78 is 5.42. The number of thioether (sulfide) groups is 1. The molecule has 0 fully saturated rings. The Hall–Kier alpha value is -3.94. The van der Waals surface area contributed by atoms with Gasteiger partial charge in [-0.1, -0.05) is 60.1 Å². The number of ether oxygens (including phenoxy) is 1. The lowest BCUT2D eigenvalue weighted by molar-refractivity contribution is -0.115. The van der Waals surface area contributed by atoms with Gasteiger partial charge in [-0.3, -0.25) is 4.79 Å². The van der Waals surface area contributed by atoms with Crippen molar-refractivity contribution in [2.75, 3.05) is 23.1 Å². The second-order valence-electron chi connectivity index (χ2n) is 8.17. The molecule has 37 heavy (non-hydrogen) atoms. The van der Waals surface area contributed by atoms with Gasteiger partial charge in [0.15, 0.2) is 0 Å². The standard InChI is InChI=1S/C29H26ClN3O3S/c1-19-17-25(26(36-2)18-24(19)30)33-28(34)27(20-9-5-3-6-10-20)37-23-15-13-22(14-16-23)32-29(35)31-21-11-7-4-8-12-21/h3-18,27H,1-2H3,(H,33,34)(H2,31,32,35). The van der Waals surface area contributed by atoms with Crippen LogP contribution in [-0.2, 0) is 4.79 Å². The predicted molar refractivity (Wildman–Crippen MR) is 152 cm³/mol. The number of rotatable bonds is 8. The lowest BCUT2D eigenvalue weighted by Crippen LogP contribution is -2.20. The van der Waals surface area contributed by atoms with E-state index in [9.17, 15) is 9.59 Å². The van der Waals surface area contributed by atoms with Crippen LogP contribution in [0, 0.1) is 6.92 Å². The first kappa shape index (κ1) is 26.1. The van der Waals surface area contributed by atoms with Gasteiger partial charge < -0.3 is 20.7 Å². The maximum Gasteiger partial charge on any atom is 0.323 e. The number of nitrogens with one attached hydrogen (secondary N) is 3. The van der Waals surface area contributed by atoms with Crippen molar-refractivity contribution in [3.8, 4) is 5.75 Å². The fourth-order valence-electron chi connectivity index (χ4n) is 3.60. The van der Waals surface area contributed by atoms with Gasteiger partial charge in [-0.2, -0.15) is 0 Å². The van der Waals surface area contributed by atoms with Crippen LogP contribution < -0.4 is 20.7 Å². The smallest absolute Gasteiger partial charge is 0.323 e. The van der Waals surface area contributed by atoms with E-state index in [0.29, 0.717) is 27.8 Å². The van der Waals surface area contributed by atoms with Gasteiger partial charge in [0.1, 0.15) is 11.0 Å². The third-order valence-electron chi connectivity index (χ3n) is 5.48. The molecule has 0 saturated carbocycles. The number of hydrogen-bond acceptors (Lipinski definition) is 4. The summed E-state index contributed by atoms with van der Waals surface area (Å²) in [6, 6.07) is 29.3. The number of carbonyl (C=O) groups excluding carboxylic acids is 2. The van der Waals surface area contributed by atoms with Crippen LogP contribution in [0.1, 0.15) is 16.4 Å². The molecule has 0 aliphatic carbocycles. The van der Waals surface area contributed by atoms with Gasteiger partial charge in [0, 0.05) is 27.4 Å². The van der Waals surface area contributed by atoms with Crippen LogP contribution in [0.25, 0.3) is 0 Å². The molecule has 3 N–H and O–H groups in total. The highest BCUT2D eigenvalue weighted by Gasteiger charge is 2.23. The van der Waals surface area contributed by atoms with Crippen LogP contribution >= 0.6 is 23.4 Å². The number of para-hydroxylation sites is 1. The number of urea groups is 1. The van der Waals surface area contributed by atoms with Crippen LogP contribution in [0.2, 0.25) is 5.02 Å². The number of halogens is 1. The highest BCUT2D eigenvalue weighted by atomic mass is 35.5. The molecule has 1 unspecified atom stereocenters. The number of methoxy groups -OCH3 is 1. The fourth-order valence-corrected chi connectivity index (χ4v) is 4.77. The van der Waals surface area contributed by atoms with Crippen molar-refractivity contribution in [2.45, 2.75) is 17.1 Å². The number of hydrogen-bond donors (Lipinski definition) is 3. The Morgan fingerprint density at radius 2 is 1.41 bits per heavy atom. The zero-order valence-corrected chi connectivity index (χ0v) is 21.9. The van der Waals surface area contributed by atoms with Crippen LogP contribution in [0.5, 0.6) is 5.75 Å². The Balaban J connectivity index is 1.49. The first-order valence-corrected chi connectivity index (χ1v) is 12.8. The van der Waals surface area contributed by atoms with Crippen LogP contribution in [-0.4, -0.2) is 19.0 Å². The van der Waals surface area contributed by atoms with Gasteiger partial charge in [-0.15, -0.1) is 11.8 Å². The lowest BCUT2D eigenvalue weighted by Gasteiger charge is -2.19. The third kappa shape index (κ3) is 7.06. The normalized spacial score (nSPS) is 11.3. The van der Waals surface area contributed by atoms with Gasteiger partial charge in [0.2, 0.25) is 5.91 Å². The lowest BCUT2D eigenvalue weighted by atomic mass is 10.1.